The standard InChI is InChI=1S/C15H16FN3S/c1-2-17-8-14-11(9-19-7-6-18-10-19)15-12(16)4-3-5-13(15)20-14/h3-7,10,17H,2,8-9H2,1H3. The first-order valence-corrected chi connectivity index (χ1v) is 7.46. The topological polar surface area (TPSA) is 29.9 Å². The maximum atomic E-state index is 14.2. The summed E-state index contributed by atoms with van der Waals surface area (Å²) in [7, 11) is 0. The van der Waals surface area contributed by atoms with Gasteiger partial charge in [0.1, 0.15) is 5.82 Å². The van der Waals surface area contributed by atoms with Crippen molar-refractivity contribution in [2.24, 2.45) is 0 Å². The van der Waals surface area contributed by atoms with Gasteiger partial charge in [0, 0.05) is 33.9 Å². The van der Waals surface area contributed by atoms with Crippen LogP contribution in [0.5, 0.6) is 0 Å². The highest BCUT2D eigenvalue weighted by molar-refractivity contribution is 7.19. The average Bonchev–Trinajstić information content (AvgIpc) is 3.06. The van der Waals surface area contributed by atoms with Gasteiger partial charge in [0.15, 0.2) is 0 Å². The van der Waals surface area contributed by atoms with Gasteiger partial charge in [0.25, 0.3) is 0 Å². The van der Waals surface area contributed by atoms with Gasteiger partial charge in [-0.05, 0) is 24.2 Å². The average molecular weight is 289 g/mol. The molecule has 0 aliphatic heterocycles. The van der Waals surface area contributed by atoms with Gasteiger partial charge in [-0.25, -0.2) is 9.37 Å². The van der Waals surface area contributed by atoms with Gasteiger partial charge in [-0.3, -0.25) is 0 Å². The number of nitrogens with zero attached hydrogens (tertiary/aromatic N) is 2. The Bertz CT molecular complexity index is 703. The predicted molar refractivity (Wildman–Crippen MR) is 80.5 cm³/mol. The molecule has 3 rings (SSSR count). The number of benzene rings is 1. The lowest BCUT2D eigenvalue weighted by Gasteiger charge is -2.06. The van der Waals surface area contributed by atoms with E-state index >= 15 is 0 Å². The maximum absolute atomic E-state index is 14.2. The molecule has 0 atom stereocenters. The smallest absolute Gasteiger partial charge is 0.132 e. The van der Waals surface area contributed by atoms with Crippen LogP contribution < -0.4 is 5.32 Å². The van der Waals surface area contributed by atoms with Gasteiger partial charge in [0.2, 0.25) is 0 Å². The molecule has 3 nitrogen and oxygen atoms in total. The van der Waals surface area contributed by atoms with E-state index in [1.54, 1.807) is 29.9 Å². The second-order valence-electron chi connectivity index (χ2n) is 4.63. The van der Waals surface area contributed by atoms with Gasteiger partial charge in [-0.1, -0.05) is 13.0 Å². The van der Waals surface area contributed by atoms with Crippen molar-refractivity contribution in [3.05, 3.63) is 53.2 Å². The molecule has 3 aromatic rings. The molecule has 0 aliphatic carbocycles. The molecular formula is C15H16FN3S. The first-order valence-electron chi connectivity index (χ1n) is 6.64. The van der Waals surface area contributed by atoms with Crippen LogP contribution >= 0.6 is 11.3 Å². The van der Waals surface area contributed by atoms with Gasteiger partial charge in [-0.2, -0.15) is 0 Å². The molecule has 0 saturated carbocycles. The first kappa shape index (κ1) is 13.3. The second kappa shape index (κ2) is 5.73. The molecule has 0 radical (unpaired) electrons. The molecule has 0 unspecified atom stereocenters. The number of nitrogens with one attached hydrogen (secondary N) is 1. The number of thiophene rings is 1. The van der Waals surface area contributed by atoms with Crippen molar-refractivity contribution in [1.82, 2.24) is 14.9 Å². The summed E-state index contributed by atoms with van der Waals surface area (Å²) in [6.07, 6.45) is 5.41. The molecule has 104 valence electrons. The lowest BCUT2D eigenvalue weighted by atomic mass is 10.1. The minimum atomic E-state index is -0.142. The Morgan fingerprint density at radius 1 is 1.40 bits per heavy atom. The Hall–Kier alpha value is -1.72. The lowest BCUT2D eigenvalue weighted by molar-refractivity contribution is 0.637. The number of aromatic nitrogens is 2. The molecule has 0 saturated heterocycles. The molecule has 20 heavy (non-hydrogen) atoms. The van der Waals surface area contributed by atoms with E-state index in [0.717, 1.165) is 28.7 Å². The zero-order valence-corrected chi connectivity index (χ0v) is 12.1. The Balaban J connectivity index is 2.09. The molecule has 2 heterocycles. The van der Waals surface area contributed by atoms with Crippen molar-refractivity contribution in [1.29, 1.82) is 0 Å². The Morgan fingerprint density at radius 2 is 2.30 bits per heavy atom. The third-order valence-corrected chi connectivity index (χ3v) is 4.48. The van der Waals surface area contributed by atoms with Crippen LogP contribution in [0.4, 0.5) is 4.39 Å². The molecule has 2 aromatic heterocycles. The van der Waals surface area contributed by atoms with E-state index in [0.29, 0.717) is 6.54 Å². The number of hydrogen-bond acceptors (Lipinski definition) is 3. The number of halogens is 1. The molecule has 1 aromatic carbocycles. The highest BCUT2D eigenvalue weighted by Crippen LogP contribution is 2.33. The Kier molecular flexibility index (Phi) is 3.80. The van der Waals surface area contributed by atoms with E-state index in [4.69, 9.17) is 0 Å². The number of imidazole rings is 1. The molecule has 0 fully saturated rings. The van der Waals surface area contributed by atoms with Crippen LogP contribution in [0.25, 0.3) is 10.1 Å². The van der Waals surface area contributed by atoms with Gasteiger partial charge >= 0.3 is 0 Å². The van der Waals surface area contributed by atoms with Crippen molar-refractivity contribution in [3.63, 3.8) is 0 Å². The molecule has 0 spiro atoms. The maximum Gasteiger partial charge on any atom is 0.132 e. The Morgan fingerprint density at radius 3 is 3.05 bits per heavy atom. The molecule has 5 heteroatoms. The summed E-state index contributed by atoms with van der Waals surface area (Å²) in [6, 6.07) is 5.28. The SMILES string of the molecule is CCNCc1sc2cccc(F)c2c1Cn1ccnc1. The largest absolute Gasteiger partial charge is 0.333 e. The van der Waals surface area contributed by atoms with E-state index in [1.807, 2.05) is 16.8 Å². The van der Waals surface area contributed by atoms with Gasteiger partial charge in [0.05, 0.1) is 12.9 Å². The minimum Gasteiger partial charge on any atom is -0.333 e. The third kappa shape index (κ3) is 2.46. The normalized spacial score (nSPS) is 11.3. The van der Waals surface area contributed by atoms with E-state index < -0.39 is 0 Å². The van der Waals surface area contributed by atoms with Gasteiger partial charge in [-0.15, -0.1) is 11.3 Å². The zero-order valence-electron chi connectivity index (χ0n) is 11.3. The van der Waals surface area contributed by atoms with E-state index in [-0.39, 0.29) is 5.82 Å². The van der Waals surface area contributed by atoms with Crippen molar-refractivity contribution >= 4 is 21.4 Å². The van der Waals surface area contributed by atoms with E-state index in [2.05, 4.69) is 17.2 Å². The minimum absolute atomic E-state index is 0.142. The molecule has 1 N–H and O–H groups in total. The Labute approximate surface area is 121 Å². The lowest BCUT2D eigenvalue weighted by Crippen LogP contribution is -2.12. The predicted octanol–water partition coefficient (Wildman–Crippen LogP) is 3.39. The summed E-state index contributed by atoms with van der Waals surface area (Å²) in [5, 5.41) is 4.08. The first-order chi connectivity index (χ1) is 9.79. The molecule has 0 amide bonds. The monoisotopic (exact) mass is 289 g/mol. The molecular weight excluding hydrogens is 273 g/mol. The summed E-state index contributed by atoms with van der Waals surface area (Å²) in [6.45, 7) is 4.41. The summed E-state index contributed by atoms with van der Waals surface area (Å²) in [5.41, 5.74) is 1.06. The highest BCUT2D eigenvalue weighted by Gasteiger charge is 2.15. The van der Waals surface area contributed by atoms with Crippen LogP contribution in [-0.2, 0) is 13.1 Å². The third-order valence-electron chi connectivity index (χ3n) is 3.28. The highest BCUT2D eigenvalue weighted by atomic mass is 32.1. The van der Waals surface area contributed by atoms with E-state index in [9.17, 15) is 4.39 Å². The summed E-state index contributed by atoms with van der Waals surface area (Å²) in [4.78, 5) is 5.25. The summed E-state index contributed by atoms with van der Waals surface area (Å²) in [5.74, 6) is -0.142. The van der Waals surface area contributed by atoms with Crippen LogP contribution in [0.2, 0.25) is 0 Å². The van der Waals surface area contributed by atoms with Crippen LogP contribution in [-0.4, -0.2) is 16.1 Å². The quantitative estimate of drug-likeness (QED) is 0.780. The molecule has 0 aliphatic rings. The van der Waals surface area contributed by atoms with Crippen molar-refractivity contribution in [2.45, 2.75) is 20.0 Å². The summed E-state index contributed by atoms with van der Waals surface area (Å²) >= 11 is 1.66. The van der Waals surface area contributed by atoms with Crippen LogP contribution in [0, 0.1) is 5.82 Å². The van der Waals surface area contributed by atoms with Crippen LogP contribution in [0.15, 0.2) is 36.9 Å². The zero-order chi connectivity index (χ0) is 13.9. The number of hydrogen-bond donors (Lipinski definition) is 1. The second-order valence-corrected chi connectivity index (χ2v) is 5.77. The van der Waals surface area contributed by atoms with Gasteiger partial charge < -0.3 is 9.88 Å². The fraction of sp³-hybridized carbons (Fsp3) is 0.267. The summed E-state index contributed by atoms with van der Waals surface area (Å²) < 4.78 is 17.2. The number of fused-ring (bicyclic) bond motifs is 1. The van der Waals surface area contributed by atoms with Crippen molar-refractivity contribution < 1.29 is 4.39 Å². The number of rotatable bonds is 5. The van der Waals surface area contributed by atoms with Crippen LogP contribution in [0.3, 0.4) is 0 Å². The fourth-order valence-corrected chi connectivity index (χ4v) is 3.53. The van der Waals surface area contributed by atoms with E-state index in [1.165, 1.54) is 10.9 Å². The van der Waals surface area contributed by atoms with Crippen LogP contribution in [0.1, 0.15) is 17.4 Å². The van der Waals surface area contributed by atoms with Crippen molar-refractivity contribution in [2.75, 3.05) is 6.54 Å². The van der Waals surface area contributed by atoms with Crippen molar-refractivity contribution in [3.8, 4) is 0 Å². The fourth-order valence-electron chi connectivity index (χ4n) is 2.33. The molecule has 0 bridgehead atoms.